The number of rotatable bonds is 4. The van der Waals surface area contributed by atoms with Gasteiger partial charge in [0.15, 0.2) is 9.84 Å². The molecule has 34 heavy (non-hydrogen) atoms. The van der Waals surface area contributed by atoms with Crippen LogP contribution in [0.15, 0.2) is 59.5 Å². The number of nitrogens with zero attached hydrogens (tertiary/aromatic N) is 2. The van der Waals surface area contributed by atoms with Crippen molar-refractivity contribution in [1.82, 2.24) is 4.90 Å². The van der Waals surface area contributed by atoms with Crippen LogP contribution in [0.4, 0.5) is 5.69 Å². The first-order chi connectivity index (χ1) is 16.3. The second-order valence-corrected chi connectivity index (χ2v) is 11.2. The minimum Gasteiger partial charge on any atom is -0.454 e. The molecule has 0 aromatic heterocycles. The van der Waals surface area contributed by atoms with Crippen LogP contribution in [0.25, 0.3) is 0 Å². The molecule has 0 amide bonds. The third-order valence-electron chi connectivity index (χ3n) is 6.38. The predicted octanol–water partition coefficient (Wildman–Crippen LogP) is 4.86. The summed E-state index contributed by atoms with van der Waals surface area (Å²) in [4.78, 5) is 16.0. The molecule has 176 valence electrons. The number of hydrogen-bond acceptors (Lipinski definition) is 6. The topological polar surface area (TPSA) is 66.9 Å². The predicted molar refractivity (Wildman–Crippen MR) is 133 cm³/mol. The van der Waals surface area contributed by atoms with Crippen LogP contribution in [0.3, 0.4) is 0 Å². The summed E-state index contributed by atoms with van der Waals surface area (Å²) in [6, 6.07) is 17.1. The van der Waals surface area contributed by atoms with Gasteiger partial charge >= 0.3 is 0 Å². The molecule has 0 atom stereocenters. The molecule has 2 aliphatic rings. The van der Waals surface area contributed by atoms with Crippen molar-refractivity contribution < 1.29 is 17.9 Å². The van der Waals surface area contributed by atoms with Gasteiger partial charge in [-0.1, -0.05) is 41.9 Å². The van der Waals surface area contributed by atoms with Crippen LogP contribution in [0.1, 0.15) is 27.0 Å². The minimum absolute atomic E-state index is 0.0259. The molecule has 1 fully saturated rings. The van der Waals surface area contributed by atoms with Crippen molar-refractivity contribution in [2.45, 2.75) is 24.1 Å². The van der Waals surface area contributed by atoms with Crippen LogP contribution >= 0.6 is 11.6 Å². The fourth-order valence-corrected chi connectivity index (χ4v) is 6.48. The minimum atomic E-state index is -3.72. The van der Waals surface area contributed by atoms with Crippen molar-refractivity contribution in [2.75, 3.05) is 31.1 Å². The highest BCUT2D eigenvalue weighted by molar-refractivity contribution is 7.90. The third-order valence-corrected chi connectivity index (χ3v) is 8.32. The number of ether oxygens (including phenoxy) is 1. The van der Waals surface area contributed by atoms with E-state index >= 15 is 0 Å². The van der Waals surface area contributed by atoms with Crippen molar-refractivity contribution in [2.24, 2.45) is 0 Å². The summed E-state index contributed by atoms with van der Waals surface area (Å²) in [6.45, 7) is 6.07. The van der Waals surface area contributed by atoms with E-state index in [1.807, 2.05) is 18.2 Å². The maximum absolute atomic E-state index is 13.2. The molecule has 0 spiro atoms. The number of aryl methyl sites for hydroxylation is 1. The number of sulfone groups is 1. The summed E-state index contributed by atoms with van der Waals surface area (Å²) in [7, 11) is -3.72. The van der Waals surface area contributed by atoms with Gasteiger partial charge in [-0.2, -0.15) is 0 Å². The van der Waals surface area contributed by atoms with E-state index in [-0.39, 0.29) is 16.4 Å². The van der Waals surface area contributed by atoms with Crippen LogP contribution < -0.4 is 9.64 Å². The molecule has 2 heterocycles. The first kappa shape index (κ1) is 22.9. The van der Waals surface area contributed by atoms with Gasteiger partial charge in [-0.25, -0.2) is 8.42 Å². The second-order valence-electron chi connectivity index (χ2n) is 8.81. The molecule has 2 aliphatic heterocycles. The Hall–Kier alpha value is -2.87. The number of fused-ring (bicyclic) bond motifs is 2. The Morgan fingerprint density at radius 3 is 2.44 bits per heavy atom. The Morgan fingerprint density at radius 2 is 1.74 bits per heavy atom. The fourth-order valence-electron chi connectivity index (χ4n) is 4.63. The number of anilines is 1. The summed E-state index contributed by atoms with van der Waals surface area (Å²) < 4.78 is 32.5. The van der Waals surface area contributed by atoms with Gasteiger partial charge in [0.1, 0.15) is 22.7 Å². The van der Waals surface area contributed by atoms with Crippen LogP contribution in [0.2, 0.25) is 5.02 Å². The lowest BCUT2D eigenvalue weighted by molar-refractivity contribution is 0.112. The normalized spacial score (nSPS) is 17.3. The van der Waals surface area contributed by atoms with Gasteiger partial charge < -0.3 is 9.64 Å². The SMILES string of the molecule is Cc1cc(C=O)cc2c1Oc1c(Cl)cc(N3CCN(Cc4ccccc4)CC3)cc1CS2(=O)=O. The third kappa shape index (κ3) is 4.43. The summed E-state index contributed by atoms with van der Waals surface area (Å²) in [5.74, 6) is 0.351. The summed E-state index contributed by atoms with van der Waals surface area (Å²) in [5.41, 5.74) is 3.58. The average Bonchev–Trinajstić information content (AvgIpc) is 2.94. The maximum Gasteiger partial charge on any atom is 0.186 e. The molecule has 0 unspecified atom stereocenters. The van der Waals surface area contributed by atoms with E-state index in [4.69, 9.17) is 16.3 Å². The zero-order chi connectivity index (χ0) is 23.9. The molecule has 6 nitrogen and oxygen atoms in total. The van der Waals surface area contributed by atoms with Gasteiger partial charge in [0.05, 0.1) is 10.8 Å². The van der Waals surface area contributed by atoms with E-state index in [9.17, 15) is 13.2 Å². The lowest BCUT2D eigenvalue weighted by atomic mass is 10.1. The summed E-state index contributed by atoms with van der Waals surface area (Å²) in [5, 5.41) is 0.376. The monoisotopic (exact) mass is 496 g/mol. The highest BCUT2D eigenvalue weighted by Crippen LogP contribution is 2.45. The Labute approximate surface area is 204 Å². The second kappa shape index (κ2) is 9.06. The van der Waals surface area contributed by atoms with Crippen LogP contribution in [-0.4, -0.2) is 45.8 Å². The van der Waals surface area contributed by atoms with Crippen molar-refractivity contribution in [3.8, 4) is 11.5 Å². The van der Waals surface area contributed by atoms with Gasteiger partial charge in [0, 0.05) is 49.5 Å². The van der Waals surface area contributed by atoms with Gasteiger partial charge in [0.25, 0.3) is 0 Å². The number of carbonyl (C=O) groups excluding carboxylic acids is 1. The van der Waals surface area contributed by atoms with Gasteiger partial charge in [0.2, 0.25) is 0 Å². The molecule has 0 radical (unpaired) electrons. The smallest absolute Gasteiger partial charge is 0.186 e. The maximum atomic E-state index is 13.2. The molecule has 0 saturated carbocycles. The van der Waals surface area contributed by atoms with Crippen molar-refractivity contribution in [3.63, 3.8) is 0 Å². The number of carbonyl (C=O) groups is 1. The number of piperazine rings is 1. The Morgan fingerprint density at radius 1 is 1.00 bits per heavy atom. The highest BCUT2D eigenvalue weighted by atomic mass is 35.5. The van der Waals surface area contributed by atoms with Crippen molar-refractivity contribution in [1.29, 1.82) is 0 Å². The molecule has 0 N–H and O–H groups in total. The molecule has 5 rings (SSSR count). The van der Waals surface area contributed by atoms with Crippen molar-refractivity contribution in [3.05, 3.63) is 81.9 Å². The first-order valence-corrected chi connectivity index (χ1v) is 13.2. The molecule has 1 saturated heterocycles. The van der Waals surface area contributed by atoms with Gasteiger partial charge in [-0.05, 0) is 42.3 Å². The quantitative estimate of drug-likeness (QED) is 0.480. The highest BCUT2D eigenvalue weighted by Gasteiger charge is 2.31. The van der Waals surface area contributed by atoms with E-state index in [1.165, 1.54) is 11.6 Å². The Bertz CT molecular complexity index is 1350. The first-order valence-electron chi connectivity index (χ1n) is 11.2. The van der Waals surface area contributed by atoms with E-state index in [0.717, 1.165) is 38.4 Å². The molecule has 3 aromatic rings. The Balaban J connectivity index is 1.40. The van der Waals surface area contributed by atoms with Crippen LogP contribution in [-0.2, 0) is 22.1 Å². The fraction of sp³-hybridized carbons (Fsp3) is 0.269. The number of aldehydes is 1. The lowest BCUT2D eigenvalue weighted by Gasteiger charge is -2.36. The number of benzene rings is 3. The van der Waals surface area contributed by atoms with Crippen LogP contribution in [0.5, 0.6) is 11.5 Å². The zero-order valence-corrected chi connectivity index (χ0v) is 20.4. The van der Waals surface area contributed by atoms with Gasteiger partial charge in [-0.3, -0.25) is 9.69 Å². The summed E-state index contributed by atoms with van der Waals surface area (Å²) >= 11 is 6.63. The van der Waals surface area contributed by atoms with E-state index in [0.29, 0.717) is 33.7 Å². The Kier molecular flexibility index (Phi) is 6.10. The lowest BCUT2D eigenvalue weighted by Crippen LogP contribution is -2.46. The molecule has 0 bridgehead atoms. The average molecular weight is 497 g/mol. The molecular weight excluding hydrogens is 472 g/mol. The largest absolute Gasteiger partial charge is 0.454 e. The zero-order valence-electron chi connectivity index (χ0n) is 18.8. The number of halogens is 1. The number of hydrogen-bond donors (Lipinski definition) is 0. The standard InChI is InChI=1S/C26H25ClN2O4S/c1-18-11-20(16-30)12-24-25(18)33-26-21(17-34(24,31)32)13-22(14-23(26)27)29-9-7-28(8-10-29)15-19-5-3-2-4-6-19/h2-6,11-14,16H,7-10,15,17H2,1H3. The molecule has 3 aromatic carbocycles. The molecular formula is C26H25ClN2O4S. The van der Waals surface area contributed by atoms with Gasteiger partial charge in [-0.15, -0.1) is 0 Å². The van der Waals surface area contributed by atoms with Crippen molar-refractivity contribution >= 4 is 33.4 Å². The van der Waals surface area contributed by atoms with Crippen LogP contribution in [0, 0.1) is 6.92 Å². The molecule has 0 aliphatic carbocycles. The van der Waals surface area contributed by atoms with E-state index < -0.39 is 9.84 Å². The molecule has 8 heteroatoms. The van der Waals surface area contributed by atoms with E-state index in [2.05, 4.69) is 34.1 Å². The summed E-state index contributed by atoms with van der Waals surface area (Å²) in [6.07, 6.45) is 0.642. The van der Waals surface area contributed by atoms with E-state index in [1.54, 1.807) is 13.0 Å².